The summed E-state index contributed by atoms with van der Waals surface area (Å²) >= 11 is 5.88. The molecule has 31 heavy (non-hydrogen) atoms. The first-order valence-corrected chi connectivity index (χ1v) is 9.62. The lowest BCUT2D eigenvalue weighted by molar-refractivity contribution is -0.140. The van der Waals surface area contributed by atoms with E-state index in [4.69, 9.17) is 16.3 Å². The first-order valence-electron chi connectivity index (χ1n) is 9.24. The molecule has 0 spiro atoms. The maximum Gasteiger partial charge on any atom is 0.433 e. The Labute approximate surface area is 180 Å². The molecule has 0 unspecified atom stereocenters. The van der Waals surface area contributed by atoms with Gasteiger partial charge in [-0.25, -0.2) is 0 Å². The van der Waals surface area contributed by atoms with Gasteiger partial charge in [0.25, 0.3) is 0 Å². The van der Waals surface area contributed by atoms with Crippen LogP contribution in [0.25, 0.3) is 22.4 Å². The second kappa shape index (κ2) is 8.35. The quantitative estimate of drug-likeness (QED) is 0.360. The third-order valence-electron chi connectivity index (χ3n) is 4.66. The van der Waals surface area contributed by atoms with Crippen molar-refractivity contribution in [3.63, 3.8) is 0 Å². The summed E-state index contributed by atoms with van der Waals surface area (Å²) in [5.74, 6) is 0.130. The van der Waals surface area contributed by atoms with E-state index in [0.717, 1.165) is 5.56 Å². The van der Waals surface area contributed by atoms with Crippen molar-refractivity contribution >= 4 is 11.6 Å². The lowest BCUT2D eigenvalue weighted by Gasteiger charge is -2.11. The van der Waals surface area contributed by atoms with Crippen molar-refractivity contribution in [2.45, 2.75) is 12.8 Å². The van der Waals surface area contributed by atoms with Crippen LogP contribution in [-0.4, -0.2) is 15.3 Å². The number of hydrogen-bond donors (Lipinski definition) is 2. The van der Waals surface area contributed by atoms with E-state index in [1.165, 1.54) is 36.4 Å². The molecule has 158 valence electrons. The van der Waals surface area contributed by atoms with Crippen molar-refractivity contribution in [1.82, 2.24) is 10.2 Å². The minimum atomic E-state index is -4.66. The number of halogens is 4. The van der Waals surface area contributed by atoms with Gasteiger partial charge in [-0.15, -0.1) is 0 Å². The summed E-state index contributed by atoms with van der Waals surface area (Å²) in [5.41, 5.74) is 0.152. The first kappa shape index (κ1) is 20.8. The number of nitrogens with zero attached hydrogens (tertiary/aromatic N) is 1. The molecular formula is C23H16ClF3N2O2. The van der Waals surface area contributed by atoms with E-state index in [1.54, 1.807) is 6.07 Å². The van der Waals surface area contributed by atoms with Crippen molar-refractivity contribution in [1.29, 1.82) is 0 Å². The van der Waals surface area contributed by atoms with E-state index in [-0.39, 0.29) is 34.7 Å². The molecule has 0 aliphatic heterocycles. The number of nitrogens with one attached hydrogen (secondary N) is 1. The summed E-state index contributed by atoms with van der Waals surface area (Å²) in [6.45, 7) is 0.288. The standard InChI is InChI=1S/C23H16ClF3N2O2/c24-16-8-6-15(7-9-16)20-21(28-29-22(20)23(25,26)27)18-11-10-17(12-19(18)30)31-13-14-4-2-1-3-5-14/h1-12,30H,13H2,(H,28,29). The molecule has 8 heteroatoms. The van der Waals surface area contributed by atoms with E-state index in [0.29, 0.717) is 10.8 Å². The van der Waals surface area contributed by atoms with Gasteiger partial charge in [-0.2, -0.15) is 18.3 Å². The van der Waals surface area contributed by atoms with Crippen molar-refractivity contribution in [2.75, 3.05) is 0 Å². The molecule has 1 aromatic heterocycles. The average Bonchev–Trinajstić information content (AvgIpc) is 3.19. The monoisotopic (exact) mass is 444 g/mol. The zero-order chi connectivity index (χ0) is 22.0. The predicted molar refractivity (Wildman–Crippen MR) is 112 cm³/mol. The zero-order valence-corrected chi connectivity index (χ0v) is 16.7. The lowest BCUT2D eigenvalue weighted by Crippen LogP contribution is -2.07. The molecule has 0 saturated heterocycles. The summed E-state index contributed by atoms with van der Waals surface area (Å²) in [5, 5.41) is 16.8. The highest BCUT2D eigenvalue weighted by Crippen LogP contribution is 2.43. The van der Waals surface area contributed by atoms with Crippen molar-refractivity contribution in [3.8, 4) is 33.9 Å². The Morgan fingerprint density at radius 3 is 2.32 bits per heavy atom. The fourth-order valence-corrected chi connectivity index (χ4v) is 3.31. The molecule has 0 saturated carbocycles. The zero-order valence-electron chi connectivity index (χ0n) is 15.9. The Kier molecular flexibility index (Phi) is 5.61. The minimum Gasteiger partial charge on any atom is -0.507 e. The van der Waals surface area contributed by atoms with Crippen LogP contribution in [0.15, 0.2) is 72.8 Å². The van der Waals surface area contributed by atoms with Gasteiger partial charge < -0.3 is 9.84 Å². The third kappa shape index (κ3) is 4.51. The number of aromatic nitrogens is 2. The van der Waals surface area contributed by atoms with Crippen LogP contribution in [0.5, 0.6) is 11.5 Å². The Balaban J connectivity index is 1.71. The smallest absolute Gasteiger partial charge is 0.433 e. The number of H-pyrrole nitrogens is 1. The molecule has 0 atom stereocenters. The van der Waals surface area contributed by atoms with Crippen LogP contribution in [0.1, 0.15) is 11.3 Å². The molecule has 2 N–H and O–H groups in total. The maximum absolute atomic E-state index is 13.6. The van der Waals surface area contributed by atoms with Gasteiger partial charge in [-0.1, -0.05) is 54.1 Å². The van der Waals surface area contributed by atoms with Gasteiger partial charge in [0.2, 0.25) is 0 Å². The Hall–Kier alpha value is -3.45. The molecule has 0 aliphatic carbocycles. The van der Waals surface area contributed by atoms with Gasteiger partial charge in [0.1, 0.15) is 29.5 Å². The molecule has 4 aromatic rings. The molecule has 0 aliphatic rings. The highest BCUT2D eigenvalue weighted by Gasteiger charge is 2.38. The van der Waals surface area contributed by atoms with E-state index < -0.39 is 11.9 Å². The number of rotatable bonds is 5. The first-order chi connectivity index (χ1) is 14.8. The summed E-state index contributed by atoms with van der Waals surface area (Å²) in [6, 6.07) is 19.8. The number of phenols is 1. The van der Waals surface area contributed by atoms with Crippen LogP contribution in [0, 0.1) is 0 Å². The largest absolute Gasteiger partial charge is 0.507 e. The number of aromatic amines is 1. The van der Waals surface area contributed by atoms with Gasteiger partial charge >= 0.3 is 6.18 Å². The van der Waals surface area contributed by atoms with E-state index in [2.05, 4.69) is 10.2 Å². The summed E-state index contributed by atoms with van der Waals surface area (Å²) in [7, 11) is 0. The third-order valence-corrected chi connectivity index (χ3v) is 4.91. The van der Waals surface area contributed by atoms with Gasteiger partial charge in [0, 0.05) is 22.2 Å². The molecule has 3 aromatic carbocycles. The van der Waals surface area contributed by atoms with Crippen LogP contribution < -0.4 is 4.74 Å². The topological polar surface area (TPSA) is 58.1 Å². The lowest BCUT2D eigenvalue weighted by atomic mass is 9.98. The number of benzene rings is 3. The van der Waals surface area contributed by atoms with E-state index in [9.17, 15) is 18.3 Å². The molecule has 0 bridgehead atoms. The molecule has 4 rings (SSSR count). The fourth-order valence-electron chi connectivity index (χ4n) is 3.18. The fraction of sp³-hybridized carbons (Fsp3) is 0.0870. The Morgan fingerprint density at radius 2 is 1.68 bits per heavy atom. The molecule has 1 heterocycles. The van der Waals surface area contributed by atoms with E-state index >= 15 is 0 Å². The summed E-state index contributed by atoms with van der Waals surface area (Å²) < 4.78 is 46.4. The maximum atomic E-state index is 13.6. The van der Waals surface area contributed by atoms with Crippen LogP contribution in [-0.2, 0) is 12.8 Å². The van der Waals surface area contributed by atoms with Gasteiger partial charge in [0.15, 0.2) is 0 Å². The molecule has 0 amide bonds. The van der Waals surface area contributed by atoms with E-state index in [1.807, 2.05) is 30.3 Å². The number of alkyl halides is 3. The molecular weight excluding hydrogens is 429 g/mol. The second-order valence-corrected chi connectivity index (χ2v) is 7.22. The van der Waals surface area contributed by atoms with Crippen molar-refractivity contribution < 1.29 is 23.0 Å². The number of aromatic hydroxyl groups is 1. The molecule has 0 radical (unpaired) electrons. The van der Waals surface area contributed by atoms with Gasteiger partial charge in [0.05, 0.1) is 0 Å². The van der Waals surface area contributed by atoms with Crippen LogP contribution in [0.3, 0.4) is 0 Å². The number of ether oxygens (including phenoxy) is 1. The normalized spacial score (nSPS) is 11.5. The second-order valence-electron chi connectivity index (χ2n) is 6.78. The van der Waals surface area contributed by atoms with Crippen LogP contribution >= 0.6 is 11.6 Å². The van der Waals surface area contributed by atoms with Crippen molar-refractivity contribution in [2.24, 2.45) is 0 Å². The number of hydrogen-bond acceptors (Lipinski definition) is 3. The van der Waals surface area contributed by atoms with Crippen LogP contribution in [0.4, 0.5) is 13.2 Å². The summed E-state index contributed by atoms with van der Waals surface area (Å²) in [6.07, 6.45) is -4.66. The highest BCUT2D eigenvalue weighted by molar-refractivity contribution is 6.30. The molecule has 4 nitrogen and oxygen atoms in total. The molecule has 0 fully saturated rings. The number of phenolic OH excluding ortho intramolecular Hbond substituents is 1. The summed E-state index contributed by atoms with van der Waals surface area (Å²) in [4.78, 5) is 0. The predicted octanol–water partition coefficient (Wildman–Crippen LogP) is 6.70. The SMILES string of the molecule is Oc1cc(OCc2ccccc2)ccc1-c1n[nH]c(C(F)(F)F)c1-c1ccc(Cl)cc1. The Bertz CT molecular complexity index is 1190. The van der Waals surface area contributed by atoms with Crippen molar-refractivity contribution in [3.05, 3.63) is 89.1 Å². The van der Waals surface area contributed by atoms with Gasteiger partial charge in [-0.05, 0) is 35.4 Å². The highest BCUT2D eigenvalue weighted by atomic mass is 35.5. The average molecular weight is 445 g/mol. The minimum absolute atomic E-state index is 0.0262. The Morgan fingerprint density at radius 1 is 0.968 bits per heavy atom. The van der Waals surface area contributed by atoms with Gasteiger partial charge in [-0.3, -0.25) is 5.10 Å². The van der Waals surface area contributed by atoms with Crippen LogP contribution in [0.2, 0.25) is 5.02 Å².